The molecule has 1 rings (SSSR count). The topological polar surface area (TPSA) is 81.0 Å². The SMILES string of the molecule is Cc1c(C#CCO)cccc1C(=O)N(CCO)CCO. The van der Waals surface area contributed by atoms with Crippen LogP contribution in [0.5, 0.6) is 0 Å². The third-order valence-corrected chi connectivity index (χ3v) is 2.89. The van der Waals surface area contributed by atoms with Crippen molar-refractivity contribution in [1.29, 1.82) is 0 Å². The van der Waals surface area contributed by atoms with E-state index in [1.807, 2.05) is 0 Å². The van der Waals surface area contributed by atoms with E-state index in [1.165, 1.54) is 4.90 Å². The molecule has 1 aromatic rings. The van der Waals surface area contributed by atoms with Gasteiger partial charge in [0, 0.05) is 24.2 Å². The summed E-state index contributed by atoms with van der Waals surface area (Å²) in [6.07, 6.45) is 0. The second-order valence-corrected chi connectivity index (χ2v) is 4.18. The minimum atomic E-state index is -0.252. The van der Waals surface area contributed by atoms with E-state index in [4.69, 9.17) is 15.3 Å². The van der Waals surface area contributed by atoms with Crippen LogP contribution in [0.4, 0.5) is 0 Å². The zero-order valence-electron chi connectivity index (χ0n) is 11.5. The van der Waals surface area contributed by atoms with E-state index in [1.54, 1.807) is 25.1 Å². The normalized spacial score (nSPS) is 9.80. The molecule has 0 heterocycles. The largest absolute Gasteiger partial charge is 0.395 e. The number of hydrogen-bond donors (Lipinski definition) is 3. The van der Waals surface area contributed by atoms with Gasteiger partial charge in [-0.1, -0.05) is 17.9 Å². The molecular formula is C15H19NO4. The number of carbonyl (C=O) groups excluding carboxylic acids is 1. The maximum absolute atomic E-state index is 12.4. The molecule has 0 unspecified atom stereocenters. The molecule has 0 saturated heterocycles. The monoisotopic (exact) mass is 277 g/mol. The Hall–Kier alpha value is -1.87. The summed E-state index contributed by atoms with van der Waals surface area (Å²) < 4.78 is 0. The smallest absolute Gasteiger partial charge is 0.254 e. The van der Waals surface area contributed by atoms with E-state index in [0.717, 1.165) is 5.56 Å². The molecule has 5 heteroatoms. The number of aliphatic hydroxyl groups excluding tert-OH is 3. The molecule has 0 atom stereocenters. The molecular weight excluding hydrogens is 258 g/mol. The van der Waals surface area contributed by atoms with E-state index in [2.05, 4.69) is 11.8 Å². The lowest BCUT2D eigenvalue weighted by Gasteiger charge is -2.21. The van der Waals surface area contributed by atoms with Gasteiger partial charge in [0.2, 0.25) is 0 Å². The highest BCUT2D eigenvalue weighted by atomic mass is 16.3. The molecule has 5 nitrogen and oxygen atoms in total. The van der Waals surface area contributed by atoms with Gasteiger partial charge in [0.05, 0.1) is 13.2 Å². The maximum atomic E-state index is 12.4. The Balaban J connectivity index is 3.08. The van der Waals surface area contributed by atoms with Crippen LogP contribution in [0.3, 0.4) is 0 Å². The Morgan fingerprint density at radius 1 is 1.20 bits per heavy atom. The number of benzene rings is 1. The fourth-order valence-corrected chi connectivity index (χ4v) is 1.86. The van der Waals surface area contributed by atoms with Crippen molar-refractivity contribution < 1.29 is 20.1 Å². The molecule has 20 heavy (non-hydrogen) atoms. The van der Waals surface area contributed by atoms with Gasteiger partial charge in [0.15, 0.2) is 0 Å². The van der Waals surface area contributed by atoms with Gasteiger partial charge in [-0.15, -0.1) is 0 Å². The van der Waals surface area contributed by atoms with Crippen LogP contribution in [-0.4, -0.2) is 59.0 Å². The standard InChI is InChI=1S/C15H19NO4/c1-12-13(5-3-9-17)4-2-6-14(12)15(20)16(7-10-18)8-11-19/h2,4,6,17-19H,7-11H2,1H3. The van der Waals surface area contributed by atoms with Crippen molar-refractivity contribution in [3.63, 3.8) is 0 Å². The van der Waals surface area contributed by atoms with Crippen LogP contribution in [-0.2, 0) is 0 Å². The van der Waals surface area contributed by atoms with E-state index >= 15 is 0 Å². The van der Waals surface area contributed by atoms with E-state index in [0.29, 0.717) is 11.1 Å². The molecule has 0 radical (unpaired) electrons. The van der Waals surface area contributed by atoms with E-state index < -0.39 is 0 Å². The van der Waals surface area contributed by atoms with Crippen LogP contribution in [0.25, 0.3) is 0 Å². The fourth-order valence-electron chi connectivity index (χ4n) is 1.86. The summed E-state index contributed by atoms with van der Waals surface area (Å²) in [7, 11) is 0. The van der Waals surface area contributed by atoms with Gasteiger partial charge >= 0.3 is 0 Å². The molecule has 0 bridgehead atoms. The maximum Gasteiger partial charge on any atom is 0.254 e. The average Bonchev–Trinajstić information content (AvgIpc) is 2.45. The van der Waals surface area contributed by atoms with Crippen LogP contribution in [0.1, 0.15) is 21.5 Å². The molecule has 1 amide bonds. The van der Waals surface area contributed by atoms with E-state index in [9.17, 15) is 4.79 Å². The number of hydrogen-bond acceptors (Lipinski definition) is 4. The highest BCUT2D eigenvalue weighted by Gasteiger charge is 2.17. The summed E-state index contributed by atoms with van der Waals surface area (Å²) in [5, 5.41) is 26.7. The lowest BCUT2D eigenvalue weighted by atomic mass is 10.0. The van der Waals surface area contributed by atoms with Crippen LogP contribution in [0.15, 0.2) is 18.2 Å². The molecule has 1 aromatic carbocycles. The highest BCUT2D eigenvalue weighted by Crippen LogP contribution is 2.15. The number of nitrogens with zero attached hydrogens (tertiary/aromatic N) is 1. The Kier molecular flexibility index (Phi) is 6.74. The molecule has 0 aliphatic heterocycles. The quantitative estimate of drug-likeness (QED) is 0.649. The zero-order valence-corrected chi connectivity index (χ0v) is 11.5. The summed E-state index contributed by atoms with van der Waals surface area (Å²) in [6, 6.07) is 5.18. The Labute approximate surface area is 118 Å². The molecule has 0 fully saturated rings. The lowest BCUT2D eigenvalue weighted by molar-refractivity contribution is 0.0684. The van der Waals surface area contributed by atoms with Crippen molar-refractivity contribution in [2.24, 2.45) is 0 Å². The molecule has 0 spiro atoms. The average molecular weight is 277 g/mol. The minimum Gasteiger partial charge on any atom is -0.395 e. The third kappa shape index (κ3) is 4.07. The number of aliphatic hydroxyl groups is 3. The van der Waals surface area contributed by atoms with Crippen molar-refractivity contribution in [2.45, 2.75) is 6.92 Å². The van der Waals surface area contributed by atoms with Crippen molar-refractivity contribution >= 4 is 5.91 Å². The second kappa shape index (κ2) is 8.33. The molecule has 0 saturated carbocycles. The summed E-state index contributed by atoms with van der Waals surface area (Å²) >= 11 is 0. The van der Waals surface area contributed by atoms with Crippen LogP contribution in [0.2, 0.25) is 0 Å². The molecule has 0 aromatic heterocycles. The molecule has 0 aliphatic rings. The van der Waals surface area contributed by atoms with Gasteiger partial charge < -0.3 is 20.2 Å². The van der Waals surface area contributed by atoms with E-state index in [-0.39, 0.29) is 38.8 Å². The zero-order chi connectivity index (χ0) is 15.0. The van der Waals surface area contributed by atoms with Crippen molar-refractivity contribution in [1.82, 2.24) is 4.90 Å². The second-order valence-electron chi connectivity index (χ2n) is 4.18. The van der Waals surface area contributed by atoms with Crippen LogP contribution >= 0.6 is 0 Å². The third-order valence-electron chi connectivity index (χ3n) is 2.89. The number of carbonyl (C=O) groups is 1. The van der Waals surface area contributed by atoms with Crippen LogP contribution in [0, 0.1) is 18.8 Å². The summed E-state index contributed by atoms with van der Waals surface area (Å²) in [6.45, 7) is 1.57. The first-order chi connectivity index (χ1) is 9.65. The first-order valence-corrected chi connectivity index (χ1v) is 6.36. The number of rotatable bonds is 5. The summed E-state index contributed by atoms with van der Waals surface area (Å²) in [5.74, 6) is 5.09. The summed E-state index contributed by atoms with van der Waals surface area (Å²) in [5.41, 5.74) is 1.88. The highest BCUT2D eigenvalue weighted by molar-refractivity contribution is 5.96. The van der Waals surface area contributed by atoms with Crippen molar-refractivity contribution in [3.05, 3.63) is 34.9 Å². The molecule has 108 valence electrons. The predicted octanol–water partition coefficient (Wildman–Crippen LogP) is -0.234. The number of amides is 1. The lowest BCUT2D eigenvalue weighted by Crippen LogP contribution is -2.36. The molecule has 3 N–H and O–H groups in total. The first kappa shape index (κ1) is 16.2. The van der Waals surface area contributed by atoms with Crippen molar-refractivity contribution in [2.75, 3.05) is 32.9 Å². The van der Waals surface area contributed by atoms with Gasteiger partial charge in [0.1, 0.15) is 6.61 Å². The van der Waals surface area contributed by atoms with Gasteiger partial charge in [-0.25, -0.2) is 0 Å². The first-order valence-electron chi connectivity index (χ1n) is 6.36. The fraction of sp³-hybridized carbons (Fsp3) is 0.400. The minimum absolute atomic E-state index is 0.158. The van der Waals surface area contributed by atoms with Gasteiger partial charge in [-0.05, 0) is 24.6 Å². The van der Waals surface area contributed by atoms with Gasteiger partial charge in [-0.3, -0.25) is 4.79 Å². The Morgan fingerprint density at radius 3 is 2.40 bits per heavy atom. The van der Waals surface area contributed by atoms with Gasteiger partial charge in [-0.2, -0.15) is 0 Å². The van der Waals surface area contributed by atoms with Crippen LogP contribution < -0.4 is 0 Å². The Morgan fingerprint density at radius 2 is 1.85 bits per heavy atom. The Bertz CT molecular complexity index is 510. The predicted molar refractivity (Wildman–Crippen MR) is 75.2 cm³/mol. The van der Waals surface area contributed by atoms with Crippen molar-refractivity contribution in [3.8, 4) is 11.8 Å². The summed E-state index contributed by atoms with van der Waals surface area (Å²) in [4.78, 5) is 13.8. The van der Waals surface area contributed by atoms with Gasteiger partial charge in [0.25, 0.3) is 5.91 Å². The molecule has 0 aliphatic carbocycles.